The van der Waals surface area contributed by atoms with Crippen LogP contribution < -0.4 is 10.6 Å². The van der Waals surface area contributed by atoms with Gasteiger partial charge in [-0.25, -0.2) is 4.98 Å². The lowest BCUT2D eigenvalue weighted by atomic mass is 10.2. The fourth-order valence-corrected chi connectivity index (χ4v) is 2.72. The molecule has 0 unspecified atom stereocenters. The Morgan fingerprint density at radius 1 is 1.21 bits per heavy atom. The zero-order valence-corrected chi connectivity index (χ0v) is 16.4. The molecule has 0 aliphatic heterocycles. The quantitative estimate of drug-likeness (QED) is 0.407. The van der Waals surface area contributed by atoms with E-state index in [1.807, 2.05) is 18.3 Å². The molecule has 0 bridgehead atoms. The molecule has 0 saturated heterocycles. The van der Waals surface area contributed by atoms with Gasteiger partial charge in [-0.15, -0.1) is 0 Å². The molecule has 1 heterocycles. The molecule has 0 atom stereocenters. The van der Waals surface area contributed by atoms with E-state index in [4.69, 9.17) is 11.6 Å². The van der Waals surface area contributed by atoms with Crippen LogP contribution in [0.1, 0.15) is 40.2 Å². The summed E-state index contributed by atoms with van der Waals surface area (Å²) in [7, 11) is 0. The number of rotatable bonds is 9. The highest BCUT2D eigenvalue weighted by Gasteiger charge is 2.12. The largest absolute Gasteiger partial charge is 0.357 e. The van der Waals surface area contributed by atoms with Gasteiger partial charge in [0.25, 0.3) is 0 Å². The van der Waals surface area contributed by atoms with Crippen molar-refractivity contribution in [3.8, 4) is 0 Å². The number of aromatic nitrogens is 1. The van der Waals surface area contributed by atoms with Crippen LogP contribution in [0.5, 0.6) is 0 Å². The molecule has 24 heavy (non-hydrogen) atoms. The Morgan fingerprint density at radius 2 is 1.92 bits per heavy atom. The number of hydrogen-bond donors (Lipinski definition) is 2. The summed E-state index contributed by atoms with van der Waals surface area (Å²) in [4.78, 5) is 11.2. The Morgan fingerprint density at radius 3 is 2.46 bits per heavy atom. The fraction of sp³-hybridized carbons (Fsp3) is 0.667. The van der Waals surface area contributed by atoms with Gasteiger partial charge < -0.3 is 10.6 Å². The van der Waals surface area contributed by atoms with Crippen molar-refractivity contribution in [1.29, 1.82) is 0 Å². The van der Waals surface area contributed by atoms with Crippen LogP contribution in [0.3, 0.4) is 0 Å². The summed E-state index contributed by atoms with van der Waals surface area (Å²) < 4.78 is 0. The Labute approximate surface area is 151 Å². The molecule has 0 aliphatic carbocycles. The van der Waals surface area contributed by atoms with Gasteiger partial charge in [0.15, 0.2) is 5.96 Å². The normalized spacial score (nSPS) is 12.3. The molecule has 1 rings (SSSR count). The second-order valence-corrected chi connectivity index (χ2v) is 6.74. The molecule has 2 N–H and O–H groups in total. The van der Waals surface area contributed by atoms with E-state index in [1.54, 1.807) is 0 Å². The Bertz CT molecular complexity index is 477. The monoisotopic (exact) mass is 353 g/mol. The average molecular weight is 354 g/mol. The topological polar surface area (TPSA) is 52.6 Å². The highest BCUT2D eigenvalue weighted by molar-refractivity contribution is 6.29. The van der Waals surface area contributed by atoms with Crippen LogP contribution in [0.2, 0.25) is 5.15 Å². The third-order valence-corrected chi connectivity index (χ3v) is 4.02. The summed E-state index contributed by atoms with van der Waals surface area (Å²) in [6.45, 7) is 14.4. The highest BCUT2D eigenvalue weighted by atomic mass is 35.5. The number of nitrogens with one attached hydrogen (secondary N) is 2. The molecular formula is C18H32ClN5. The van der Waals surface area contributed by atoms with Crippen LogP contribution in [-0.4, -0.2) is 54.1 Å². The van der Waals surface area contributed by atoms with Crippen molar-refractivity contribution in [3.63, 3.8) is 0 Å². The van der Waals surface area contributed by atoms with E-state index in [2.05, 4.69) is 60.1 Å². The maximum Gasteiger partial charge on any atom is 0.191 e. The van der Waals surface area contributed by atoms with Crippen LogP contribution >= 0.6 is 11.6 Å². The zero-order chi connectivity index (χ0) is 17.9. The zero-order valence-electron chi connectivity index (χ0n) is 15.6. The van der Waals surface area contributed by atoms with E-state index < -0.39 is 0 Å². The van der Waals surface area contributed by atoms with Crippen molar-refractivity contribution >= 4 is 17.6 Å². The first-order chi connectivity index (χ1) is 11.4. The predicted molar refractivity (Wildman–Crippen MR) is 104 cm³/mol. The molecule has 0 radical (unpaired) electrons. The van der Waals surface area contributed by atoms with E-state index in [-0.39, 0.29) is 0 Å². The van der Waals surface area contributed by atoms with Crippen molar-refractivity contribution in [2.24, 2.45) is 4.99 Å². The molecular weight excluding hydrogens is 322 g/mol. The van der Waals surface area contributed by atoms with E-state index in [9.17, 15) is 0 Å². The Hall–Kier alpha value is -1.33. The first-order valence-corrected chi connectivity index (χ1v) is 9.20. The molecule has 0 fully saturated rings. The highest BCUT2D eigenvalue weighted by Crippen LogP contribution is 2.05. The summed E-state index contributed by atoms with van der Waals surface area (Å²) in [5, 5.41) is 7.20. The molecule has 6 heteroatoms. The minimum Gasteiger partial charge on any atom is -0.357 e. The number of hydrogen-bond acceptors (Lipinski definition) is 3. The molecule has 1 aromatic heterocycles. The summed E-state index contributed by atoms with van der Waals surface area (Å²) >= 11 is 5.80. The van der Waals surface area contributed by atoms with Gasteiger partial charge in [0.1, 0.15) is 5.15 Å². The first kappa shape index (κ1) is 20.7. The number of pyridine rings is 1. The number of aliphatic imine (C=N–C) groups is 1. The van der Waals surface area contributed by atoms with E-state index in [1.165, 1.54) is 0 Å². The summed E-state index contributed by atoms with van der Waals surface area (Å²) in [6.07, 6.45) is 2.70. The van der Waals surface area contributed by atoms with Crippen LogP contribution in [0, 0.1) is 0 Å². The van der Waals surface area contributed by atoms with Crippen LogP contribution in [0.15, 0.2) is 23.3 Å². The smallest absolute Gasteiger partial charge is 0.191 e. The van der Waals surface area contributed by atoms with Gasteiger partial charge in [0, 0.05) is 37.9 Å². The Balaban J connectivity index is 2.45. The summed E-state index contributed by atoms with van der Waals surface area (Å²) in [5.74, 6) is 0.867. The van der Waals surface area contributed by atoms with E-state index >= 15 is 0 Å². The maximum absolute atomic E-state index is 5.80. The average Bonchev–Trinajstić information content (AvgIpc) is 2.52. The van der Waals surface area contributed by atoms with Crippen molar-refractivity contribution in [2.45, 2.75) is 53.1 Å². The van der Waals surface area contributed by atoms with Crippen molar-refractivity contribution in [3.05, 3.63) is 29.0 Å². The standard InChI is InChI=1S/C18H32ClN5/c1-6-20-18(22-11-12-24(14(2)3)15(4)5)21-10-9-16-7-8-17(19)23-13-16/h7-8,13-15H,6,9-12H2,1-5H3,(H2,20,21,22). The van der Waals surface area contributed by atoms with Crippen molar-refractivity contribution < 1.29 is 0 Å². The molecule has 1 aromatic rings. The van der Waals surface area contributed by atoms with Crippen LogP contribution in [-0.2, 0) is 6.42 Å². The lowest BCUT2D eigenvalue weighted by Crippen LogP contribution is -2.41. The molecule has 0 saturated carbocycles. The van der Waals surface area contributed by atoms with Crippen LogP contribution in [0.25, 0.3) is 0 Å². The Kier molecular flexibility index (Phi) is 9.72. The fourth-order valence-electron chi connectivity index (χ4n) is 2.61. The molecule has 0 spiro atoms. The van der Waals surface area contributed by atoms with Gasteiger partial charge in [-0.2, -0.15) is 0 Å². The molecule has 5 nitrogen and oxygen atoms in total. The van der Waals surface area contributed by atoms with Gasteiger partial charge in [-0.3, -0.25) is 9.89 Å². The summed E-state index contributed by atoms with van der Waals surface area (Å²) in [6, 6.07) is 4.90. The van der Waals surface area contributed by atoms with Gasteiger partial charge in [-0.1, -0.05) is 17.7 Å². The van der Waals surface area contributed by atoms with Crippen molar-refractivity contribution in [2.75, 3.05) is 26.2 Å². The van der Waals surface area contributed by atoms with Crippen LogP contribution in [0.4, 0.5) is 0 Å². The molecule has 0 aromatic carbocycles. The number of nitrogens with zero attached hydrogens (tertiary/aromatic N) is 3. The maximum atomic E-state index is 5.80. The second-order valence-electron chi connectivity index (χ2n) is 6.35. The van der Waals surface area contributed by atoms with Gasteiger partial charge in [0.2, 0.25) is 0 Å². The number of halogens is 1. The summed E-state index contributed by atoms with van der Waals surface area (Å²) in [5.41, 5.74) is 1.16. The van der Waals surface area contributed by atoms with Gasteiger partial charge in [-0.05, 0) is 52.7 Å². The molecule has 0 amide bonds. The second kappa shape index (κ2) is 11.3. The minimum atomic E-state index is 0.529. The number of guanidine groups is 1. The third kappa shape index (κ3) is 7.97. The first-order valence-electron chi connectivity index (χ1n) is 8.82. The van der Waals surface area contributed by atoms with E-state index in [0.717, 1.165) is 44.1 Å². The predicted octanol–water partition coefficient (Wildman–Crippen LogP) is 2.95. The SMILES string of the molecule is CCNC(=NCCN(C(C)C)C(C)C)NCCc1ccc(Cl)nc1. The van der Waals surface area contributed by atoms with Crippen molar-refractivity contribution in [1.82, 2.24) is 20.5 Å². The lowest BCUT2D eigenvalue weighted by molar-refractivity contribution is 0.181. The van der Waals surface area contributed by atoms with Gasteiger partial charge >= 0.3 is 0 Å². The van der Waals surface area contributed by atoms with Gasteiger partial charge in [0.05, 0.1) is 6.54 Å². The molecule has 0 aliphatic rings. The lowest BCUT2D eigenvalue weighted by Gasteiger charge is -2.29. The van der Waals surface area contributed by atoms with E-state index in [0.29, 0.717) is 17.2 Å². The molecule has 136 valence electrons. The minimum absolute atomic E-state index is 0.529. The third-order valence-electron chi connectivity index (χ3n) is 3.79.